The van der Waals surface area contributed by atoms with E-state index in [1.807, 2.05) is 0 Å². The molecule has 0 aliphatic carbocycles. The van der Waals surface area contributed by atoms with Crippen LogP contribution in [0.4, 0.5) is 0 Å². The van der Waals surface area contributed by atoms with Crippen molar-refractivity contribution in [1.82, 2.24) is 0 Å². The number of terminal acetylenes is 1. The molecular weight excluding hydrogens is 192 g/mol. The monoisotopic (exact) mass is 214 g/mol. The summed E-state index contributed by atoms with van der Waals surface area (Å²) in [6.07, 6.45) is 9.67. The number of benzene rings is 1. The Bertz CT molecular complexity index is 405. The molecule has 0 atom stereocenters. The Morgan fingerprint density at radius 1 is 1.12 bits per heavy atom. The van der Waals surface area contributed by atoms with Gasteiger partial charge >= 0.3 is 0 Å². The zero-order valence-electron chi connectivity index (χ0n) is 11.0. The highest BCUT2D eigenvalue weighted by atomic mass is 14.1. The second kappa shape index (κ2) is 5.75. The summed E-state index contributed by atoms with van der Waals surface area (Å²) in [6.45, 7) is 8.89. The number of rotatable bonds is 4. The molecular formula is C16H22. The molecule has 16 heavy (non-hydrogen) atoms. The van der Waals surface area contributed by atoms with Crippen LogP contribution in [0.5, 0.6) is 0 Å². The number of hydrogen-bond donors (Lipinski definition) is 0. The van der Waals surface area contributed by atoms with E-state index in [0.717, 1.165) is 12.8 Å². The van der Waals surface area contributed by atoms with Gasteiger partial charge in [0.2, 0.25) is 0 Å². The maximum atomic E-state index is 5.42. The summed E-state index contributed by atoms with van der Waals surface area (Å²) in [7, 11) is 0. The molecule has 0 unspecified atom stereocenters. The molecule has 1 aromatic rings. The van der Waals surface area contributed by atoms with Gasteiger partial charge < -0.3 is 0 Å². The van der Waals surface area contributed by atoms with Crippen molar-refractivity contribution in [3.63, 3.8) is 0 Å². The van der Waals surface area contributed by atoms with Crippen molar-refractivity contribution in [2.24, 2.45) is 0 Å². The van der Waals surface area contributed by atoms with E-state index < -0.39 is 0 Å². The first-order valence-electron chi connectivity index (χ1n) is 6.19. The van der Waals surface area contributed by atoms with Gasteiger partial charge in [-0.1, -0.05) is 26.3 Å². The van der Waals surface area contributed by atoms with Gasteiger partial charge in [0.15, 0.2) is 0 Å². The Hall–Kier alpha value is -1.22. The summed E-state index contributed by atoms with van der Waals surface area (Å²) in [5.74, 6) is 2.76. The second-order valence-electron chi connectivity index (χ2n) is 4.41. The number of aryl methyl sites for hydroxylation is 1. The summed E-state index contributed by atoms with van der Waals surface area (Å²) in [5, 5.41) is 0. The third kappa shape index (κ3) is 2.47. The first-order valence-corrected chi connectivity index (χ1v) is 6.19. The minimum absolute atomic E-state index is 0.757. The van der Waals surface area contributed by atoms with Crippen LogP contribution in [0.3, 0.4) is 0 Å². The van der Waals surface area contributed by atoms with Crippen molar-refractivity contribution in [3.05, 3.63) is 33.9 Å². The van der Waals surface area contributed by atoms with Crippen molar-refractivity contribution in [1.29, 1.82) is 0 Å². The quantitative estimate of drug-likeness (QED) is 0.665. The topological polar surface area (TPSA) is 0 Å². The van der Waals surface area contributed by atoms with E-state index in [2.05, 4.69) is 39.7 Å². The molecule has 0 spiro atoms. The molecule has 0 aliphatic heterocycles. The standard InChI is InChI=1S/C16H22/c1-6-9-14-11-15(10-7-2)16(8-3)13(5)12(14)4/h1,11H,7-10H2,2-5H3. The third-order valence-electron chi connectivity index (χ3n) is 3.40. The third-order valence-corrected chi connectivity index (χ3v) is 3.40. The molecule has 0 heterocycles. The predicted molar refractivity (Wildman–Crippen MR) is 71.8 cm³/mol. The van der Waals surface area contributed by atoms with Crippen LogP contribution >= 0.6 is 0 Å². The summed E-state index contributed by atoms with van der Waals surface area (Å²) in [5.41, 5.74) is 7.19. The van der Waals surface area contributed by atoms with Gasteiger partial charge in [0.1, 0.15) is 0 Å². The molecule has 0 saturated heterocycles. The maximum Gasteiger partial charge on any atom is 0.0340 e. The fourth-order valence-electron chi connectivity index (χ4n) is 2.39. The minimum Gasteiger partial charge on any atom is -0.120 e. The smallest absolute Gasteiger partial charge is 0.0340 e. The largest absolute Gasteiger partial charge is 0.120 e. The Morgan fingerprint density at radius 3 is 2.31 bits per heavy atom. The summed E-state index contributed by atoms with van der Waals surface area (Å²) in [4.78, 5) is 0. The molecule has 86 valence electrons. The molecule has 0 bridgehead atoms. The molecule has 0 aromatic heterocycles. The van der Waals surface area contributed by atoms with Gasteiger partial charge in [-0.05, 0) is 54.5 Å². The molecule has 0 N–H and O–H groups in total. The zero-order chi connectivity index (χ0) is 12.1. The van der Waals surface area contributed by atoms with Gasteiger partial charge in [-0.15, -0.1) is 12.3 Å². The van der Waals surface area contributed by atoms with Crippen LogP contribution in [-0.4, -0.2) is 0 Å². The van der Waals surface area contributed by atoms with E-state index in [1.165, 1.54) is 40.7 Å². The van der Waals surface area contributed by atoms with Gasteiger partial charge in [-0.2, -0.15) is 0 Å². The van der Waals surface area contributed by atoms with Crippen LogP contribution in [0.15, 0.2) is 6.07 Å². The lowest BCUT2D eigenvalue weighted by atomic mass is 9.89. The highest BCUT2D eigenvalue weighted by Gasteiger charge is 2.10. The predicted octanol–water partition coefficient (Wildman–Crippen LogP) is 3.99. The maximum absolute atomic E-state index is 5.42. The van der Waals surface area contributed by atoms with Crippen molar-refractivity contribution in [2.45, 2.75) is 53.4 Å². The van der Waals surface area contributed by atoms with Crippen LogP contribution < -0.4 is 0 Å². The molecule has 0 nitrogen and oxygen atoms in total. The molecule has 0 radical (unpaired) electrons. The minimum atomic E-state index is 0.757. The summed E-state index contributed by atoms with van der Waals surface area (Å²) >= 11 is 0. The second-order valence-corrected chi connectivity index (χ2v) is 4.41. The number of hydrogen-bond acceptors (Lipinski definition) is 0. The Morgan fingerprint density at radius 2 is 1.81 bits per heavy atom. The summed E-state index contributed by atoms with van der Waals surface area (Å²) in [6, 6.07) is 2.32. The first-order chi connectivity index (χ1) is 7.65. The van der Waals surface area contributed by atoms with E-state index >= 15 is 0 Å². The van der Waals surface area contributed by atoms with Gasteiger partial charge in [0.05, 0.1) is 0 Å². The van der Waals surface area contributed by atoms with E-state index in [4.69, 9.17) is 6.42 Å². The van der Waals surface area contributed by atoms with Gasteiger partial charge in [0.25, 0.3) is 0 Å². The molecule has 1 rings (SSSR count). The molecule has 0 aliphatic rings. The fourth-order valence-corrected chi connectivity index (χ4v) is 2.39. The SMILES string of the molecule is C#CCc1cc(CCC)c(CC)c(C)c1C. The fraction of sp³-hybridized carbons (Fsp3) is 0.500. The van der Waals surface area contributed by atoms with Crippen LogP contribution in [-0.2, 0) is 19.3 Å². The van der Waals surface area contributed by atoms with Crippen molar-refractivity contribution in [2.75, 3.05) is 0 Å². The van der Waals surface area contributed by atoms with Crippen molar-refractivity contribution >= 4 is 0 Å². The highest BCUT2D eigenvalue weighted by molar-refractivity contribution is 5.46. The lowest BCUT2D eigenvalue weighted by molar-refractivity contribution is 0.887. The normalized spacial score (nSPS) is 10.2. The van der Waals surface area contributed by atoms with Crippen LogP contribution in [0, 0.1) is 26.2 Å². The van der Waals surface area contributed by atoms with Crippen molar-refractivity contribution < 1.29 is 0 Å². The first kappa shape index (κ1) is 12.8. The van der Waals surface area contributed by atoms with E-state index in [-0.39, 0.29) is 0 Å². The molecule has 0 fully saturated rings. The summed E-state index contributed by atoms with van der Waals surface area (Å²) < 4.78 is 0. The zero-order valence-corrected chi connectivity index (χ0v) is 11.0. The Labute approximate surface area is 100 Å². The van der Waals surface area contributed by atoms with Crippen LogP contribution in [0.1, 0.15) is 48.1 Å². The lowest BCUT2D eigenvalue weighted by Gasteiger charge is -2.16. The molecule has 1 aromatic carbocycles. The lowest BCUT2D eigenvalue weighted by Crippen LogP contribution is -2.02. The van der Waals surface area contributed by atoms with Gasteiger partial charge in [-0.3, -0.25) is 0 Å². The van der Waals surface area contributed by atoms with E-state index in [9.17, 15) is 0 Å². The Kier molecular flexibility index (Phi) is 4.62. The molecule has 0 saturated carbocycles. The van der Waals surface area contributed by atoms with Crippen LogP contribution in [0.25, 0.3) is 0 Å². The average Bonchev–Trinajstić information content (AvgIpc) is 2.27. The van der Waals surface area contributed by atoms with E-state index in [1.54, 1.807) is 0 Å². The molecule has 0 heteroatoms. The molecule has 0 amide bonds. The van der Waals surface area contributed by atoms with Gasteiger partial charge in [0, 0.05) is 6.42 Å². The van der Waals surface area contributed by atoms with E-state index in [0.29, 0.717) is 0 Å². The average molecular weight is 214 g/mol. The Balaban J connectivity index is 3.31. The van der Waals surface area contributed by atoms with Crippen LogP contribution in [0.2, 0.25) is 0 Å². The van der Waals surface area contributed by atoms with Crippen molar-refractivity contribution in [3.8, 4) is 12.3 Å². The highest BCUT2D eigenvalue weighted by Crippen LogP contribution is 2.24. The van der Waals surface area contributed by atoms with Gasteiger partial charge in [-0.25, -0.2) is 0 Å².